The van der Waals surface area contributed by atoms with E-state index in [9.17, 15) is 4.79 Å². The fourth-order valence-corrected chi connectivity index (χ4v) is 10.6. The summed E-state index contributed by atoms with van der Waals surface area (Å²) >= 11 is 2.29. The van der Waals surface area contributed by atoms with Gasteiger partial charge < -0.3 is 19.2 Å². The Morgan fingerprint density at radius 3 is 1.94 bits per heavy atom. The molecule has 35 heavy (non-hydrogen) atoms. The van der Waals surface area contributed by atoms with Crippen molar-refractivity contribution in [2.45, 2.75) is 91.0 Å². The van der Waals surface area contributed by atoms with Gasteiger partial charge in [-0.2, -0.15) is 0 Å². The van der Waals surface area contributed by atoms with E-state index in [0.717, 1.165) is 32.8 Å². The zero-order valence-corrected chi connectivity index (χ0v) is 25.9. The average molecular weight is 612 g/mol. The SMILES string of the molecule is CC(C)[Si](Oc1ccc(Oc2ccc(CCNC(=O)OC(C)(C)C)cc2I)cc1)(C(C)C)C(C)C. The summed E-state index contributed by atoms with van der Waals surface area (Å²) < 4.78 is 19.2. The molecule has 0 aliphatic heterocycles. The van der Waals surface area contributed by atoms with E-state index in [1.54, 1.807) is 0 Å². The molecule has 7 heteroatoms. The summed E-state index contributed by atoms with van der Waals surface area (Å²) in [5.41, 5.74) is 2.21. The number of rotatable bonds is 10. The van der Waals surface area contributed by atoms with Crippen LogP contribution < -0.4 is 14.5 Å². The molecule has 0 radical (unpaired) electrons. The van der Waals surface area contributed by atoms with Gasteiger partial charge in [0.05, 0.1) is 3.57 Å². The summed E-state index contributed by atoms with van der Waals surface area (Å²) in [5.74, 6) is 2.50. The third kappa shape index (κ3) is 8.41. The van der Waals surface area contributed by atoms with E-state index >= 15 is 0 Å². The largest absolute Gasteiger partial charge is 0.543 e. The molecule has 0 spiro atoms. The van der Waals surface area contributed by atoms with Crippen molar-refractivity contribution in [1.82, 2.24) is 5.32 Å². The minimum atomic E-state index is -1.98. The monoisotopic (exact) mass is 611 g/mol. The van der Waals surface area contributed by atoms with Gasteiger partial charge in [-0.15, -0.1) is 0 Å². The summed E-state index contributed by atoms with van der Waals surface area (Å²) in [4.78, 5) is 11.8. The molecule has 0 aliphatic carbocycles. The Balaban J connectivity index is 2.01. The quantitative estimate of drug-likeness (QED) is 0.216. The van der Waals surface area contributed by atoms with Crippen LogP contribution in [0.5, 0.6) is 17.2 Å². The number of benzene rings is 2. The highest BCUT2D eigenvalue weighted by Gasteiger charge is 2.46. The van der Waals surface area contributed by atoms with Gasteiger partial charge in [-0.25, -0.2) is 4.79 Å². The summed E-state index contributed by atoms with van der Waals surface area (Å²) in [7, 11) is -1.98. The van der Waals surface area contributed by atoms with Gasteiger partial charge in [0.2, 0.25) is 0 Å². The summed E-state index contributed by atoms with van der Waals surface area (Å²) in [6.45, 7) is 19.8. The number of nitrogens with one attached hydrogen (secondary N) is 1. The average Bonchev–Trinajstić information content (AvgIpc) is 2.73. The highest BCUT2D eigenvalue weighted by atomic mass is 127. The fourth-order valence-electron chi connectivity index (χ4n) is 4.67. The molecule has 0 unspecified atom stereocenters. The Labute approximate surface area is 226 Å². The predicted octanol–water partition coefficient (Wildman–Crippen LogP) is 8.71. The van der Waals surface area contributed by atoms with Crippen molar-refractivity contribution in [2.75, 3.05) is 6.54 Å². The molecule has 0 heterocycles. The highest BCUT2D eigenvalue weighted by Crippen LogP contribution is 2.43. The van der Waals surface area contributed by atoms with Gasteiger partial charge in [-0.3, -0.25) is 0 Å². The normalized spacial score (nSPS) is 12.3. The van der Waals surface area contributed by atoms with E-state index in [4.69, 9.17) is 13.9 Å². The van der Waals surface area contributed by atoms with E-state index in [0.29, 0.717) is 23.2 Å². The fraction of sp³-hybridized carbons (Fsp3) is 0.536. The molecule has 194 valence electrons. The van der Waals surface area contributed by atoms with Gasteiger partial charge in [0.25, 0.3) is 8.32 Å². The van der Waals surface area contributed by atoms with Crippen molar-refractivity contribution in [1.29, 1.82) is 0 Å². The van der Waals surface area contributed by atoms with E-state index in [2.05, 4.69) is 75.5 Å². The summed E-state index contributed by atoms with van der Waals surface area (Å²) in [6.07, 6.45) is 0.323. The van der Waals surface area contributed by atoms with Crippen LogP contribution in [0.25, 0.3) is 0 Å². The second-order valence-corrected chi connectivity index (χ2v) is 17.5. The van der Waals surface area contributed by atoms with Crippen LogP contribution >= 0.6 is 22.6 Å². The Hall–Kier alpha value is -1.74. The van der Waals surface area contributed by atoms with Gasteiger partial charge >= 0.3 is 6.09 Å². The minimum Gasteiger partial charge on any atom is -0.543 e. The molecule has 0 bridgehead atoms. The first-order valence-electron chi connectivity index (χ1n) is 12.5. The summed E-state index contributed by atoms with van der Waals surface area (Å²) in [6, 6.07) is 14.1. The van der Waals surface area contributed by atoms with Gasteiger partial charge in [0.15, 0.2) is 0 Å². The molecule has 5 nitrogen and oxygen atoms in total. The van der Waals surface area contributed by atoms with Crippen LogP contribution in [-0.2, 0) is 11.2 Å². The number of halogens is 1. The lowest BCUT2D eigenvalue weighted by Crippen LogP contribution is -2.50. The van der Waals surface area contributed by atoms with Gasteiger partial charge in [0, 0.05) is 6.54 Å². The van der Waals surface area contributed by atoms with Crippen LogP contribution in [0, 0.1) is 3.57 Å². The molecule has 0 aromatic heterocycles. The molecule has 0 saturated heterocycles. The number of ether oxygens (including phenoxy) is 2. The lowest BCUT2D eigenvalue weighted by atomic mass is 10.1. The molecule has 2 aromatic rings. The van der Waals surface area contributed by atoms with Crippen molar-refractivity contribution in [3.8, 4) is 17.2 Å². The number of carbonyl (C=O) groups excluding carboxylic acids is 1. The maximum Gasteiger partial charge on any atom is 0.407 e. The number of hydrogen-bond donors (Lipinski definition) is 1. The van der Waals surface area contributed by atoms with E-state index in [-0.39, 0.29) is 0 Å². The molecule has 0 saturated carbocycles. The molecule has 2 aromatic carbocycles. The molecule has 0 aliphatic rings. The first-order valence-corrected chi connectivity index (χ1v) is 15.7. The zero-order valence-electron chi connectivity index (χ0n) is 22.7. The number of hydrogen-bond acceptors (Lipinski definition) is 4. The van der Waals surface area contributed by atoms with E-state index < -0.39 is 20.0 Å². The smallest absolute Gasteiger partial charge is 0.407 e. The second-order valence-electron chi connectivity index (χ2n) is 10.9. The first-order chi connectivity index (χ1) is 16.2. The van der Waals surface area contributed by atoms with Gasteiger partial charge in [0.1, 0.15) is 22.8 Å². The number of alkyl carbamates (subject to hydrolysis) is 1. The molecule has 1 amide bonds. The molecule has 2 rings (SSSR count). The van der Waals surface area contributed by atoms with Gasteiger partial charge in [-0.1, -0.05) is 47.6 Å². The zero-order chi connectivity index (χ0) is 26.4. The van der Waals surface area contributed by atoms with Crippen LogP contribution in [0.1, 0.15) is 67.9 Å². The third-order valence-electron chi connectivity index (χ3n) is 6.13. The van der Waals surface area contributed by atoms with Crippen LogP contribution in [0.3, 0.4) is 0 Å². The number of amides is 1. The Morgan fingerprint density at radius 2 is 1.46 bits per heavy atom. The molecular weight excluding hydrogens is 569 g/mol. The van der Waals surface area contributed by atoms with Crippen LogP contribution in [-0.4, -0.2) is 26.6 Å². The maximum atomic E-state index is 11.8. The van der Waals surface area contributed by atoms with Crippen molar-refractivity contribution in [2.24, 2.45) is 0 Å². The predicted molar refractivity (Wildman–Crippen MR) is 155 cm³/mol. The van der Waals surface area contributed by atoms with Gasteiger partial charge in [-0.05, 0) is 108 Å². The minimum absolute atomic E-state index is 0.394. The van der Waals surface area contributed by atoms with Crippen molar-refractivity contribution in [3.05, 3.63) is 51.6 Å². The van der Waals surface area contributed by atoms with E-state index in [1.807, 2.05) is 57.2 Å². The molecule has 0 atom stereocenters. The molecule has 0 fully saturated rings. The molecule has 1 N–H and O–H groups in total. The topological polar surface area (TPSA) is 56.8 Å². The standard InChI is InChI=1S/C28H42INO4Si/c1-19(2)35(20(3)4,21(5)6)34-24-13-11-23(12-14-24)32-26-15-10-22(18-25(26)29)16-17-30-27(31)33-28(7,8)9/h10-15,18-21H,16-17H2,1-9H3,(H,30,31). The highest BCUT2D eigenvalue weighted by molar-refractivity contribution is 14.1. The van der Waals surface area contributed by atoms with Crippen LogP contribution in [0.2, 0.25) is 16.6 Å². The number of carbonyl (C=O) groups is 1. The maximum absolute atomic E-state index is 11.8. The first kappa shape index (κ1) is 29.5. The Morgan fingerprint density at radius 1 is 0.914 bits per heavy atom. The third-order valence-corrected chi connectivity index (χ3v) is 13.0. The van der Waals surface area contributed by atoms with Crippen molar-refractivity contribution >= 4 is 37.0 Å². The second kappa shape index (κ2) is 12.5. The van der Waals surface area contributed by atoms with Crippen molar-refractivity contribution < 1.29 is 18.7 Å². The molecular formula is C28H42INO4Si. The lowest BCUT2D eigenvalue weighted by Gasteiger charge is -2.42. The van der Waals surface area contributed by atoms with Crippen molar-refractivity contribution in [3.63, 3.8) is 0 Å². The Kier molecular flexibility index (Phi) is 10.5. The van der Waals surface area contributed by atoms with E-state index in [1.165, 1.54) is 0 Å². The van der Waals surface area contributed by atoms with Crippen LogP contribution in [0.4, 0.5) is 4.79 Å². The lowest BCUT2D eigenvalue weighted by molar-refractivity contribution is 0.0528. The summed E-state index contributed by atoms with van der Waals surface area (Å²) in [5, 5.41) is 2.80. The Bertz CT molecular complexity index is 946. The van der Waals surface area contributed by atoms with Crippen LogP contribution in [0.15, 0.2) is 42.5 Å².